The van der Waals surface area contributed by atoms with Crippen LogP contribution in [0.5, 0.6) is 17.2 Å². The number of aromatic hydroxyl groups is 1. The van der Waals surface area contributed by atoms with Crippen LogP contribution in [0.25, 0.3) is 21.9 Å². The number of hydrogen-bond donors (Lipinski definition) is 1. The van der Waals surface area contributed by atoms with Gasteiger partial charge in [0.25, 0.3) is 0 Å². The van der Waals surface area contributed by atoms with Gasteiger partial charge in [0.1, 0.15) is 28.4 Å². The number of rotatable bonds is 1. The van der Waals surface area contributed by atoms with Crippen LogP contribution in [-0.4, -0.2) is 5.11 Å². The quantitative estimate of drug-likeness (QED) is 0.335. The Bertz CT molecular complexity index is 1660. The summed E-state index contributed by atoms with van der Waals surface area (Å²) in [6, 6.07) is 18.5. The molecule has 1 atom stereocenters. The van der Waals surface area contributed by atoms with Crippen molar-refractivity contribution < 1.29 is 18.7 Å². The van der Waals surface area contributed by atoms with Gasteiger partial charge in [-0.25, -0.2) is 9.59 Å². The van der Waals surface area contributed by atoms with Crippen molar-refractivity contribution >= 4 is 33.5 Å². The van der Waals surface area contributed by atoms with E-state index >= 15 is 0 Å². The fourth-order valence-corrected chi connectivity index (χ4v) is 4.48. The van der Waals surface area contributed by atoms with Gasteiger partial charge in [-0.15, -0.1) is 0 Å². The molecule has 2 aromatic heterocycles. The molecule has 0 fully saturated rings. The molecule has 1 N–H and O–H groups in total. The zero-order chi connectivity index (χ0) is 22.0. The minimum Gasteiger partial charge on any atom is -0.507 e. The summed E-state index contributed by atoms with van der Waals surface area (Å²) in [6.45, 7) is 0. The van der Waals surface area contributed by atoms with Crippen molar-refractivity contribution in [2.45, 2.75) is 5.92 Å². The molecule has 1 aliphatic heterocycles. The summed E-state index contributed by atoms with van der Waals surface area (Å²) in [7, 11) is 0. The molecular formula is C25H13ClO6. The summed E-state index contributed by atoms with van der Waals surface area (Å²) in [4.78, 5) is 26.2. The Labute approximate surface area is 184 Å². The van der Waals surface area contributed by atoms with E-state index in [2.05, 4.69) is 0 Å². The largest absolute Gasteiger partial charge is 0.507 e. The highest BCUT2D eigenvalue weighted by Gasteiger charge is 2.38. The van der Waals surface area contributed by atoms with Crippen LogP contribution in [0.2, 0.25) is 5.02 Å². The summed E-state index contributed by atoms with van der Waals surface area (Å²) in [5.74, 6) is -0.597. The fraction of sp³-hybridized carbons (Fsp3) is 0.0400. The van der Waals surface area contributed by atoms with Crippen LogP contribution < -0.4 is 16.0 Å². The zero-order valence-corrected chi connectivity index (χ0v) is 17.1. The monoisotopic (exact) mass is 444 g/mol. The first-order valence-electron chi connectivity index (χ1n) is 9.80. The maximum Gasteiger partial charge on any atom is 0.344 e. The average molecular weight is 445 g/mol. The minimum atomic E-state index is -1.01. The number of halogens is 1. The second kappa shape index (κ2) is 6.73. The third-order valence-corrected chi connectivity index (χ3v) is 5.93. The van der Waals surface area contributed by atoms with Gasteiger partial charge in [-0.3, -0.25) is 0 Å². The van der Waals surface area contributed by atoms with E-state index in [1.807, 2.05) is 0 Å². The summed E-state index contributed by atoms with van der Waals surface area (Å²) in [5.41, 5.74) is -0.398. The van der Waals surface area contributed by atoms with Crippen LogP contribution in [0.1, 0.15) is 22.6 Å². The second-order valence-corrected chi connectivity index (χ2v) is 7.93. The van der Waals surface area contributed by atoms with Gasteiger partial charge >= 0.3 is 11.3 Å². The Hall–Kier alpha value is -4.03. The van der Waals surface area contributed by atoms with Crippen molar-refractivity contribution in [1.82, 2.24) is 0 Å². The van der Waals surface area contributed by atoms with Gasteiger partial charge in [-0.2, -0.15) is 0 Å². The van der Waals surface area contributed by atoms with Crippen LogP contribution in [0, 0.1) is 0 Å². The van der Waals surface area contributed by atoms with E-state index < -0.39 is 17.2 Å². The van der Waals surface area contributed by atoms with Gasteiger partial charge in [-0.05, 0) is 42.5 Å². The highest BCUT2D eigenvalue weighted by molar-refractivity contribution is 6.30. The lowest BCUT2D eigenvalue weighted by Gasteiger charge is -2.28. The van der Waals surface area contributed by atoms with Crippen molar-refractivity contribution in [3.05, 3.63) is 109 Å². The van der Waals surface area contributed by atoms with Crippen molar-refractivity contribution in [3.63, 3.8) is 0 Å². The molecule has 6 rings (SSSR count). The van der Waals surface area contributed by atoms with Crippen LogP contribution in [0.3, 0.4) is 0 Å². The van der Waals surface area contributed by atoms with Gasteiger partial charge in [0.15, 0.2) is 0 Å². The molecule has 0 saturated carbocycles. The summed E-state index contributed by atoms with van der Waals surface area (Å²) in [6.07, 6.45) is 0. The van der Waals surface area contributed by atoms with E-state index in [4.69, 9.17) is 25.2 Å². The predicted octanol–water partition coefficient (Wildman–Crippen LogP) is 5.54. The molecule has 7 heteroatoms. The van der Waals surface area contributed by atoms with Crippen molar-refractivity contribution in [1.29, 1.82) is 0 Å². The molecule has 3 aromatic carbocycles. The highest BCUT2D eigenvalue weighted by Crippen LogP contribution is 2.50. The Morgan fingerprint density at radius 2 is 1.41 bits per heavy atom. The van der Waals surface area contributed by atoms with Crippen LogP contribution >= 0.6 is 11.6 Å². The fourth-order valence-electron chi connectivity index (χ4n) is 4.30. The smallest absolute Gasteiger partial charge is 0.344 e. The summed E-state index contributed by atoms with van der Waals surface area (Å²) < 4.78 is 17.1. The van der Waals surface area contributed by atoms with Crippen LogP contribution in [0.15, 0.2) is 85.2 Å². The van der Waals surface area contributed by atoms with Crippen molar-refractivity contribution in [3.8, 4) is 17.2 Å². The molecule has 0 aliphatic carbocycles. The second-order valence-electron chi connectivity index (χ2n) is 7.49. The van der Waals surface area contributed by atoms with E-state index in [9.17, 15) is 14.7 Å². The minimum absolute atomic E-state index is 0.0839. The number of hydrogen-bond acceptors (Lipinski definition) is 6. The van der Waals surface area contributed by atoms with Gasteiger partial charge < -0.3 is 18.7 Å². The normalized spacial score (nSPS) is 14.7. The highest BCUT2D eigenvalue weighted by atomic mass is 35.5. The molecule has 0 amide bonds. The van der Waals surface area contributed by atoms with Crippen molar-refractivity contribution in [2.75, 3.05) is 0 Å². The Morgan fingerprint density at radius 1 is 0.781 bits per heavy atom. The molecule has 1 aliphatic rings. The zero-order valence-electron chi connectivity index (χ0n) is 16.3. The van der Waals surface area contributed by atoms with Gasteiger partial charge in [0, 0.05) is 10.6 Å². The molecular weight excluding hydrogens is 432 g/mol. The molecule has 0 saturated heterocycles. The first kappa shape index (κ1) is 18.7. The maximum absolute atomic E-state index is 13.1. The van der Waals surface area contributed by atoms with Crippen molar-refractivity contribution in [2.24, 2.45) is 0 Å². The number of fused-ring (bicyclic) bond motifs is 5. The van der Waals surface area contributed by atoms with Gasteiger partial charge in [-0.1, -0.05) is 35.9 Å². The van der Waals surface area contributed by atoms with E-state index in [-0.39, 0.29) is 28.2 Å². The SMILES string of the molecule is O=c1oc2ccccc2c(O)c1[C@@H]1c2cc(Cl)ccc2Oc2c1c(=O)oc1ccccc21. The van der Waals surface area contributed by atoms with Crippen LogP contribution in [-0.2, 0) is 0 Å². The lowest BCUT2D eigenvalue weighted by atomic mass is 9.82. The van der Waals surface area contributed by atoms with E-state index in [1.54, 1.807) is 66.7 Å². The topological polar surface area (TPSA) is 89.9 Å². The molecule has 0 spiro atoms. The molecule has 0 unspecified atom stereocenters. The molecule has 32 heavy (non-hydrogen) atoms. The summed E-state index contributed by atoms with van der Waals surface area (Å²) >= 11 is 6.24. The van der Waals surface area contributed by atoms with E-state index in [0.29, 0.717) is 32.7 Å². The lowest BCUT2D eigenvalue weighted by molar-refractivity contribution is 0.425. The lowest BCUT2D eigenvalue weighted by Crippen LogP contribution is -2.24. The standard InChI is InChI=1S/C25H13ClO6/c26-12-9-10-18-15(11-12)19(20-22(27)13-5-1-3-7-16(13)31-24(20)28)21-23(30-18)14-6-2-4-8-17(14)32-25(21)29/h1-11,19,27H/t19-/m0/s1. The van der Waals surface area contributed by atoms with Crippen LogP contribution in [0.4, 0.5) is 0 Å². The summed E-state index contributed by atoms with van der Waals surface area (Å²) in [5, 5.41) is 12.4. The third-order valence-electron chi connectivity index (χ3n) is 5.69. The van der Waals surface area contributed by atoms with Gasteiger partial charge in [0.2, 0.25) is 0 Å². The number of benzene rings is 3. The van der Waals surface area contributed by atoms with E-state index in [0.717, 1.165) is 0 Å². The number of ether oxygens (including phenoxy) is 1. The molecule has 156 valence electrons. The predicted molar refractivity (Wildman–Crippen MR) is 119 cm³/mol. The maximum atomic E-state index is 13.1. The third kappa shape index (κ3) is 2.60. The Kier molecular flexibility index (Phi) is 3.94. The molecule has 5 aromatic rings. The molecule has 0 bridgehead atoms. The van der Waals surface area contributed by atoms with Gasteiger partial charge in [0.05, 0.1) is 27.8 Å². The molecule has 6 nitrogen and oxygen atoms in total. The average Bonchev–Trinajstić information content (AvgIpc) is 2.79. The molecule has 3 heterocycles. The first-order chi connectivity index (χ1) is 15.5. The van der Waals surface area contributed by atoms with E-state index in [1.165, 1.54) is 0 Å². The molecule has 0 radical (unpaired) electrons. The first-order valence-corrected chi connectivity index (χ1v) is 10.2. The Balaban J connectivity index is 1.78. The Morgan fingerprint density at radius 3 is 2.16 bits per heavy atom. The number of para-hydroxylation sites is 2.